The number of aromatic carboxylic acids is 1. The molecule has 0 heterocycles. The summed E-state index contributed by atoms with van der Waals surface area (Å²) in [6.07, 6.45) is 5.37. The summed E-state index contributed by atoms with van der Waals surface area (Å²) in [5.41, 5.74) is 0.938. The van der Waals surface area contributed by atoms with Gasteiger partial charge in [0.15, 0.2) is 0 Å². The number of carboxylic acids is 1. The summed E-state index contributed by atoms with van der Waals surface area (Å²) in [5, 5.41) is 11.6. The van der Waals surface area contributed by atoms with Gasteiger partial charge in [0.2, 0.25) is 5.91 Å². The highest BCUT2D eigenvalue weighted by Crippen LogP contribution is 2.26. The number of carboxylic acid groups (broad SMARTS) is 1. The third kappa shape index (κ3) is 4.27. The minimum atomic E-state index is -4.22. The van der Waals surface area contributed by atoms with E-state index in [-0.39, 0.29) is 16.1 Å². The van der Waals surface area contributed by atoms with Crippen LogP contribution in [0.3, 0.4) is 0 Å². The second kappa shape index (κ2) is 7.93. The maximum Gasteiger partial charge on any atom is 0.335 e. The van der Waals surface area contributed by atoms with Crippen molar-refractivity contribution in [2.45, 2.75) is 11.8 Å². The number of amides is 1. The fourth-order valence-electron chi connectivity index (χ4n) is 2.39. The molecular formula is C19H18N2O5S. The van der Waals surface area contributed by atoms with Crippen molar-refractivity contribution in [3.63, 3.8) is 0 Å². The van der Waals surface area contributed by atoms with Crippen LogP contribution in [0.15, 0.2) is 47.4 Å². The van der Waals surface area contributed by atoms with E-state index >= 15 is 0 Å². The number of carbonyl (C=O) groups excluding carboxylic acids is 1. The Bertz CT molecular complexity index is 1040. The first-order chi connectivity index (χ1) is 12.7. The van der Waals surface area contributed by atoms with Gasteiger partial charge in [0.25, 0.3) is 10.0 Å². The van der Waals surface area contributed by atoms with Gasteiger partial charge in [0, 0.05) is 12.6 Å². The lowest BCUT2D eigenvalue weighted by Gasteiger charge is -2.24. The van der Waals surface area contributed by atoms with Gasteiger partial charge in [-0.3, -0.25) is 9.10 Å². The molecule has 140 valence electrons. The average molecular weight is 386 g/mol. The minimum Gasteiger partial charge on any atom is -0.478 e. The Balaban J connectivity index is 2.63. The molecule has 0 saturated heterocycles. The Morgan fingerprint density at radius 3 is 2.52 bits per heavy atom. The molecule has 7 nitrogen and oxygen atoms in total. The Hall–Kier alpha value is -3.31. The smallest absolute Gasteiger partial charge is 0.335 e. The molecule has 0 fully saturated rings. The zero-order valence-electron chi connectivity index (χ0n) is 14.8. The van der Waals surface area contributed by atoms with E-state index in [0.29, 0.717) is 11.1 Å². The van der Waals surface area contributed by atoms with Crippen molar-refractivity contribution in [2.75, 3.05) is 17.9 Å². The Labute approximate surface area is 157 Å². The first kappa shape index (κ1) is 20.0. The predicted octanol–water partition coefficient (Wildman–Crippen LogP) is 1.62. The summed E-state index contributed by atoms with van der Waals surface area (Å²) < 4.78 is 27.2. The third-order valence-corrected chi connectivity index (χ3v) is 5.66. The summed E-state index contributed by atoms with van der Waals surface area (Å²) >= 11 is 0. The lowest BCUT2D eigenvalue weighted by Crippen LogP contribution is -2.39. The Kier molecular flexibility index (Phi) is 5.88. The second-order valence-electron chi connectivity index (χ2n) is 5.66. The van der Waals surface area contributed by atoms with Crippen LogP contribution in [-0.2, 0) is 14.8 Å². The molecule has 0 aliphatic rings. The quantitative estimate of drug-likeness (QED) is 0.734. The topological polar surface area (TPSA) is 104 Å². The molecule has 2 aromatic rings. The van der Waals surface area contributed by atoms with Crippen LogP contribution in [-0.4, -0.2) is 39.0 Å². The molecule has 1 amide bonds. The summed E-state index contributed by atoms with van der Waals surface area (Å²) in [6.45, 7) is 1.08. The minimum absolute atomic E-state index is 0.131. The largest absolute Gasteiger partial charge is 0.478 e. The fourth-order valence-corrected chi connectivity index (χ4v) is 3.83. The molecule has 0 aromatic heterocycles. The molecule has 0 bridgehead atoms. The zero-order chi connectivity index (χ0) is 20.2. The normalized spacial score (nSPS) is 10.7. The van der Waals surface area contributed by atoms with Gasteiger partial charge in [-0.05, 0) is 42.8 Å². The number of terminal acetylenes is 1. The highest BCUT2D eigenvalue weighted by Gasteiger charge is 2.28. The van der Waals surface area contributed by atoms with Gasteiger partial charge in [0.1, 0.15) is 6.54 Å². The van der Waals surface area contributed by atoms with Crippen LogP contribution in [0.25, 0.3) is 0 Å². The van der Waals surface area contributed by atoms with Crippen LogP contribution in [0.4, 0.5) is 5.69 Å². The molecule has 8 heteroatoms. The van der Waals surface area contributed by atoms with Gasteiger partial charge in [0.05, 0.1) is 16.1 Å². The monoisotopic (exact) mass is 386 g/mol. The number of nitrogens with one attached hydrogen (secondary N) is 1. The van der Waals surface area contributed by atoms with E-state index in [1.165, 1.54) is 31.3 Å². The first-order valence-electron chi connectivity index (χ1n) is 7.84. The zero-order valence-corrected chi connectivity index (χ0v) is 15.6. The van der Waals surface area contributed by atoms with Crippen LogP contribution in [0, 0.1) is 19.3 Å². The molecule has 27 heavy (non-hydrogen) atoms. The number of rotatable bonds is 6. The number of nitrogens with zero attached hydrogens (tertiary/aromatic N) is 1. The van der Waals surface area contributed by atoms with Crippen LogP contribution in [0.1, 0.15) is 21.5 Å². The summed E-state index contributed by atoms with van der Waals surface area (Å²) in [5.74, 6) is 0.641. The van der Waals surface area contributed by atoms with Crippen LogP contribution in [0.5, 0.6) is 0 Å². The van der Waals surface area contributed by atoms with Crippen molar-refractivity contribution in [1.29, 1.82) is 0 Å². The number of hydrogen-bond donors (Lipinski definition) is 2. The highest BCUT2D eigenvalue weighted by molar-refractivity contribution is 7.92. The van der Waals surface area contributed by atoms with Crippen LogP contribution >= 0.6 is 0 Å². The van der Waals surface area contributed by atoms with E-state index in [1.54, 1.807) is 19.1 Å². The standard InChI is InChI=1S/C19H18N2O5S/c1-4-14-6-5-7-15(10-14)21(12-18(22)20-3)27(25,26)16-9-8-13(2)17(11-16)19(23)24/h1,5-11H,12H2,2-3H3,(H,20,22)(H,23,24). The van der Waals surface area contributed by atoms with Crippen molar-refractivity contribution in [3.8, 4) is 12.3 Å². The molecule has 2 N–H and O–H groups in total. The van der Waals surface area contributed by atoms with Crippen LogP contribution < -0.4 is 9.62 Å². The average Bonchev–Trinajstić information content (AvgIpc) is 2.65. The van der Waals surface area contributed by atoms with Gasteiger partial charge in [-0.1, -0.05) is 18.1 Å². The molecular weight excluding hydrogens is 368 g/mol. The Morgan fingerprint density at radius 1 is 1.22 bits per heavy atom. The van der Waals surface area contributed by atoms with Gasteiger partial charge < -0.3 is 10.4 Å². The SMILES string of the molecule is C#Cc1cccc(N(CC(=O)NC)S(=O)(=O)c2ccc(C)c(C(=O)O)c2)c1. The highest BCUT2D eigenvalue weighted by atomic mass is 32.2. The maximum atomic E-state index is 13.2. The summed E-state index contributed by atoms with van der Waals surface area (Å²) in [4.78, 5) is 23.0. The number of likely N-dealkylation sites (N-methyl/N-ethyl adjacent to an activating group) is 1. The van der Waals surface area contributed by atoms with Gasteiger partial charge in [-0.25, -0.2) is 13.2 Å². The number of hydrogen-bond acceptors (Lipinski definition) is 4. The molecule has 2 rings (SSSR count). The lowest BCUT2D eigenvalue weighted by molar-refractivity contribution is -0.119. The number of carbonyl (C=O) groups is 2. The number of anilines is 1. The van der Waals surface area contributed by atoms with Crippen molar-refractivity contribution in [1.82, 2.24) is 5.32 Å². The van der Waals surface area contributed by atoms with Crippen molar-refractivity contribution in [2.24, 2.45) is 0 Å². The summed E-state index contributed by atoms with van der Waals surface area (Å²) in [6, 6.07) is 9.97. The van der Waals surface area contributed by atoms with Gasteiger partial charge in [-0.15, -0.1) is 6.42 Å². The lowest BCUT2D eigenvalue weighted by atomic mass is 10.1. The molecule has 0 aliphatic heterocycles. The molecule has 0 atom stereocenters. The molecule has 0 saturated carbocycles. The van der Waals surface area contributed by atoms with E-state index in [1.807, 2.05) is 0 Å². The molecule has 0 unspecified atom stereocenters. The van der Waals surface area contributed by atoms with Gasteiger partial charge in [-0.2, -0.15) is 0 Å². The summed E-state index contributed by atoms with van der Waals surface area (Å²) in [7, 11) is -2.83. The van der Waals surface area contributed by atoms with E-state index in [2.05, 4.69) is 11.2 Å². The number of aryl methyl sites for hydroxylation is 1. The van der Waals surface area contributed by atoms with Gasteiger partial charge >= 0.3 is 5.97 Å². The third-order valence-electron chi connectivity index (χ3n) is 3.89. The number of sulfonamides is 1. The first-order valence-corrected chi connectivity index (χ1v) is 9.28. The fraction of sp³-hybridized carbons (Fsp3) is 0.158. The predicted molar refractivity (Wildman–Crippen MR) is 101 cm³/mol. The number of benzene rings is 2. The molecule has 0 aliphatic carbocycles. The maximum absolute atomic E-state index is 13.2. The molecule has 0 radical (unpaired) electrons. The van der Waals surface area contributed by atoms with Crippen molar-refractivity contribution < 1.29 is 23.1 Å². The van der Waals surface area contributed by atoms with Crippen LogP contribution in [0.2, 0.25) is 0 Å². The van der Waals surface area contributed by atoms with E-state index in [9.17, 15) is 23.1 Å². The van der Waals surface area contributed by atoms with Crippen molar-refractivity contribution in [3.05, 3.63) is 59.2 Å². The van der Waals surface area contributed by atoms with E-state index in [4.69, 9.17) is 6.42 Å². The van der Waals surface area contributed by atoms with E-state index < -0.39 is 28.4 Å². The Morgan fingerprint density at radius 2 is 1.93 bits per heavy atom. The molecule has 2 aromatic carbocycles. The molecule has 0 spiro atoms. The van der Waals surface area contributed by atoms with E-state index in [0.717, 1.165) is 10.4 Å². The van der Waals surface area contributed by atoms with Crippen molar-refractivity contribution >= 4 is 27.6 Å². The second-order valence-corrected chi connectivity index (χ2v) is 7.52.